The summed E-state index contributed by atoms with van der Waals surface area (Å²) in [7, 11) is 1.68. The topological polar surface area (TPSA) is 38.8 Å². The zero-order chi connectivity index (χ0) is 19.2. The van der Waals surface area contributed by atoms with Gasteiger partial charge in [-0.2, -0.15) is 0 Å². The van der Waals surface area contributed by atoms with E-state index in [2.05, 4.69) is 18.2 Å². The SMILES string of the molecule is COCCO[C@@H]1CCN(C(=O)c2cc(C)cc(C)c2)[C@H]1Cc1ccccc1. The summed E-state index contributed by atoms with van der Waals surface area (Å²) in [5, 5.41) is 0. The maximum absolute atomic E-state index is 13.3. The quantitative estimate of drug-likeness (QED) is 0.699. The molecule has 1 heterocycles. The molecule has 0 aromatic heterocycles. The molecule has 0 saturated carbocycles. The second-order valence-corrected chi connectivity index (χ2v) is 7.32. The number of hydrogen-bond acceptors (Lipinski definition) is 3. The van der Waals surface area contributed by atoms with Crippen molar-refractivity contribution in [2.45, 2.75) is 38.8 Å². The normalized spacial score (nSPS) is 19.4. The molecule has 0 unspecified atom stereocenters. The molecule has 1 amide bonds. The van der Waals surface area contributed by atoms with Gasteiger partial charge in [0, 0.05) is 19.2 Å². The van der Waals surface area contributed by atoms with E-state index in [1.54, 1.807) is 7.11 Å². The molecule has 2 aromatic rings. The van der Waals surface area contributed by atoms with E-state index >= 15 is 0 Å². The van der Waals surface area contributed by atoms with Crippen LogP contribution in [0.5, 0.6) is 0 Å². The summed E-state index contributed by atoms with van der Waals surface area (Å²) < 4.78 is 11.2. The lowest BCUT2D eigenvalue weighted by molar-refractivity contribution is 0.000494. The molecule has 144 valence electrons. The van der Waals surface area contributed by atoms with E-state index in [0.717, 1.165) is 36.1 Å². The zero-order valence-corrected chi connectivity index (χ0v) is 16.5. The average Bonchev–Trinajstić information content (AvgIpc) is 3.04. The van der Waals surface area contributed by atoms with Crippen molar-refractivity contribution in [3.05, 3.63) is 70.8 Å². The first kappa shape index (κ1) is 19.6. The minimum atomic E-state index is 0.0372. The first-order chi connectivity index (χ1) is 13.1. The van der Waals surface area contributed by atoms with Crippen LogP contribution >= 0.6 is 0 Å². The lowest BCUT2D eigenvalue weighted by Gasteiger charge is -2.29. The van der Waals surface area contributed by atoms with Gasteiger partial charge >= 0.3 is 0 Å². The van der Waals surface area contributed by atoms with Crippen LogP contribution in [0.1, 0.15) is 33.5 Å². The van der Waals surface area contributed by atoms with Crippen LogP contribution in [0.2, 0.25) is 0 Å². The maximum Gasteiger partial charge on any atom is 0.254 e. The number of amides is 1. The van der Waals surface area contributed by atoms with Crippen molar-refractivity contribution in [2.75, 3.05) is 26.9 Å². The van der Waals surface area contributed by atoms with Crippen molar-refractivity contribution in [1.82, 2.24) is 4.90 Å². The van der Waals surface area contributed by atoms with E-state index in [4.69, 9.17) is 9.47 Å². The monoisotopic (exact) mass is 367 g/mol. The molecule has 4 heteroatoms. The molecule has 1 saturated heterocycles. The first-order valence-electron chi connectivity index (χ1n) is 9.62. The van der Waals surface area contributed by atoms with E-state index < -0.39 is 0 Å². The number of rotatable bonds is 7. The van der Waals surface area contributed by atoms with Crippen LogP contribution in [0.25, 0.3) is 0 Å². The fourth-order valence-electron chi connectivity index (χ4n) is 3.92. The van der Waals surface area contributed by atoms with Gasteiger partial charge in [0.05, 0.1) is 25.4 Å². The average molecular weight is 367 g/mol. The number of methoxy groups -OCH3 is 1. The molecular formula is C23H29NO3. The molecule has 0 aliphatic carbocycles. The van der Waals surface area contributed by atoms with Crippen LogP contribution in [0, 0.1) is 13.8 Å². The van der Waals surface area contributed by atoms with E-state index in [9.17, 15) is 4.79 Å². The van der Waals surface area contributed by atoms with E-state index in [0.29, 0.717) is 13.2 Å². The van der Waals surface area contributed by atoms with Crippen LogP contribution in [-0.4, -0.2) is 49.8 Å². The smallest absolute Gasteiger partial charge is 0.254 e. The van der Waals surface area contributed by atoms with E-state index in [1.165, 1.54) is 5.56 Å². The van der Waals surface area contributed by atoms with Gasteiger partial charge in [0.1, 0.15) is 0 Å². The molecule has 1 aliphatic rings. The number of aryl methyl sites for hydroxylation is 2. The number of ether oxygens (including phenoxy) is 2. The highest BCUT2D eigenvalue weighted by Gasteiger charge is 2.38. The van der Waals surface area contributed by atoms with Gasteiger partial charge in [0.2, 0.25) is 0 Å². The second kappa shape index (κ2) is 9.16. The zero-order valence-electron chi connectivity index (χ0n) is 16.5. The summed E-state index contributed by atoms with van der Waals surface area (Å²) in [6, 6.07) is 16.4. The Labute approximate surface area is 162 Å². The molecule has 0 bridgehead atoms. The minimum Gasteiger partial charge on any atom is -0.382 e. The Kier molecular flexibility index (Phi) is 6.64. The highest BCUT2D eigenvalue weighted by Crippen LogP contribution is 2.27. The van der Waals surface area contributed by atoms with Crippen molar-refractivity contribution in [3.63, 3.8) is 0 Å². The van der Waals surface area contributed by atoms with E-state index in [1.807, 2.05) is 49.1 Å². The first-order valence-corrected chi connectivity index (χ1v) is 9.62. The fraction of sp³-hybridized carbons (Fsp3) is 0.435. The highest BCUT2D eigenvalue weighted by atomic mass is 16.5. The molecule has 3 rings (SSSR count). The molecule has 2 aromatic carbocycles. The number of hydrogen-bond donors (Lipinski definition) is 0. The third-order valence-corrected chi connectivity index (χ3v) is 5.12. The molecule has 0 N–H and O–H groups in total. The fourth-order valence-corrected chi connectivity index (χ4v) is 3.92. The van der Waals surface area contributed by atoms with Crippen LogP contribution in [0.15, 0.2) is 48.5 Å². The minimum absolute atomic E-state index is 0.0372. The summed E-state index contributed by atoms with van der Waals surface area (Å²) in [6.45, 7) is 5.91. The Morgan fingerprint density at radius 2 is 1.78 bits per heavy atom. The Balaban J connectivity index is 1.81. The molecule has 0 radical (unpaired) electrons. The number of carbonyl (C=O) groups is 1. The van der Waals surface area contributed by atoms with Crippen LogP contribution in [-0.2, 0) is 15.9 Å². The lowest BCUT2D eigenvalue weighted by atomic mass is 10.0. The Morgan fingerprint density at radius 1 is 1.07 bits per heavy atom. The van der Waals surface area contributed by atoms with Crippen LogP contribution < -0.4 is 0 Å². The van der Waals surface area contributed by atoms with Crippen molar-refractivity contribution in [1.29, 1.82) is 0 Å². The van der Waals surface area contributed by atoms with Gasteiger partial charge in [-0.1, -0.05) is 47.5 Å². The van der Waals surface area contributed by atoms with Crippen molar-refractivity contribution < 1.29 is 14.3 Å². The van der Waals surface area contributed by atoms with Gasteiger partial charge in [0.25, 0.3) is 5.91 Å². The molecular weight excluding hydrogens is 338 g/mol. The highest BCUT2D eigenvalue weighted by molar-refractivity contribution is 5.95. The standard InChI is InChI=1S/C23H29NO3/c1-17-13-18(2)15-20(14-17)23(25)24-10-9-22(27-12-11-26-3)21(24)16-19-7-5-4-6-8-19/h4-8,13-15,21-22H,9-12,16H2,1-3H3/t21-,22+/m0/s1. The summed E-state index contributed by atoms with van der Waals surface area (Å²) in [5.41, 5.74) is 4.22. The Bertz CT molecular complexity index is 739. The number of benzene rings is 2. The largest absolute Gasteiger partial charge is 0.382 e. The molecule has 0 spiro atoms. The summed E-state index contributed by atoms with van der Waals surface area (Å²) in [6.07, 6.45) is 1.70. The van der Waals surface area contributed by atoms with Crippen LogP contribution in [0.3, 0.4) is 0 Å². The van der Waals surface area contributed by atoms with Crippen molar-refractivity contribution in [3.8, 4) is 0 Å². The summed E-state index contributed by atoms with van der Waals surface area (Å²) in [5.74, 6) is 0.0978. The number of nitrogens with zero attached hydrogens (tertiary/aromatic N) is 1. The van der Waals surface area contributed by atoms with Crippen molar-refractivity contribution >= 4 is 5.91 Å². The van der Waals surface area contributed by atoms with Gasteiger partial charge < -0.3 is 14.4 Å². The summed E-state index contributed by atoms with van der Waals surface area (Å²) in [4.78, 5) is 15.3. The Morgan fingerprint density at radius 3 is 2.44 bits per heavy atom. The van der Waals surface area contributed by atoms with Gasteiger partial charge in [-0.25, -0.2) is 0 Å². The van der Waals surface area contributed by atoms with Crippen LogP contribution in [0.4, 0.5) is 0 Å². The van der Waals surface area contributed by atoms with Gasteiger partial charge in [-0.3, -0.25) is 4.79 Å². The predicted molar refractivity (Wildman–Crippen MR) is 107 cm³/mol. The van der Waals surface area contributed by atoms with Crippen molar-refractivity contribution in [2.24, 2.45) is 0 Å². The van der Waals surface area contributed by atoms with Gasteiger partial charge in [-0.15, -0.1) is 0 Å². The van der Waals surface area contributed by atoms with Gasteiger partial charge in [-0.05, 0) is 44.4 Å². The Hall–Kier alpha value is -2.17. The maximum atomic E-state index is 13.3. The summed E-state index contributed by atoms with van der Waals surface area (Å²) >= 11 is 0. The number of likely N-dealkylation sites (tertiary alicyclic amines) is 1. The van der Waals surface area contributed by atoms with Gasteiger partial charge in [0.15, 0.2) is 0 Å². The third-order valence-electron chi connectivity index (χ3n) is 5.12. The predicted octanol–water partition coefficient (Wildman–Crippen LogP) is 3.79. The molecule has 1 fully saturated rings. The molecule has 1 aliphatic heterocycles. The lowest BCUT2D eigenvalue weighted by Crippen LogP contribution is -2.42. The van der Waals surface area contributed by atoms with E-state index in [-0.39, 0.29) is 18.1 Å². The molecule has 2 atom stereocenters. The molecule has 4 nitrogen and oxygen atoms in total. The molecule has 27 heavy (non-hydrogen) atoms. The number of carbonyl (C=O) groups excluding carboxylic acids is 1. The third kappa shape index (κ3) is 4.96. The second-order valence-electron chi connectivity index (χ2n) is 7.32.